The Morgan fingerprint density at radius 1 is 1.24 bits per heavy atom. The van der Waals surface area contributed by atoms with Gasteiger partial charge < -0.3 is 14.9 Å². The van der Waals surface area contributed by atoms with E-state index in [4.69, 9.17) is 0 Å². The molecule has 0 heterocycles. The monoisotopic (exact) mass is 232 g/mol. The topological polar surface area (TPSA) is 66.8 Å². The summed E-state index contributed by atoms with van der Waals surface area (Å²) in [6, 6.07) is 8.06. The average Bonchev–Trinajstić information content (AvgIpc) is 2.32. The van der Waals surface area contributed by atoms with Crippen LogP contribution in [0.4, 0.5) is 0 Å². The summed E-state index contributed by atoms with van der Waals surface area (Å²) < 4.78 is 4.58. The minimum Gasteiger partial charge on any atom is -0.508 e. The molecule has 2 aromatic carbocycles. The van der Waals surface area contributed by atoms with Gasteiger partial charge in [-0.05, 0) is 29.0 Å². The van der Waals surface area contributed by atoms with Crippen molar-refractivity contribution < 1.29 is 19.7 Å². The van der Waals surface area contributed by atoms with E-state index in [1.807, 2.05) is 0 Å². The fourth-order valence-corrected chi connectivity index (χ4v) is 1.76. The van der Waals surface area contributed by atoms with E-state index in [-0.39, 0.29) is 17.9 Å². The number of methoxy groups -OCH3 is 1. The second-order valence-corrected chi connectivity index (χ2v) is 3.72. The van der Waals surface area contributed by atoms with Gasteiger partial charge in [0, 0.05) is 5.56 Å². The van der Waals surface area contributed by atoms with Crippen molar-refractivity contribution in [2.45, 2.75) is 6.42 Å². The zero-order valence-electron chi connectivity index (χ0n) is 9.30. The Morgan fingerprint density at radius 3 is 2.65 bits per heavy atom. The van der Waals surface area contributed by atoms with Crippen molar-refractivity contribution in [1.82, 2.24) is 0 Å². The van der Waals surface area contributed by atoms with E-state index >= 15 is 0 Å². The predicted molar refractivity (Wildman–Crippen MR) is 63.0 cm³/mol. The third kappa shape index (κ3) is 2.15. The van der Waals surface area contributed by atoms with E-state index in [0.717, 1.165) is 5.39 Å². The Kier molecular flexibility index (Phi) is 2.87. The molecule has 0 saturated carbocycles. The highest BCUT2D eigenvalue weighted by Crippen LogP contribution is 2.30. The van der Waals surface area contributed by atoms with Crippen LogP contribution in [0.5, 0.6) is 11.5 Å². The first-order valence-corrected chi connectivity index (χ1v) is 5.12. The van der Waals surface area contributed by atoms with Crippen LogP contribution < -0.4 is 0 Å². The molecule has 0 aliphatic heterocycles. The predicted octanol–water partition coefficient (Wildman–Crippen LogP) is 1.97. The van der Waals surface area contributed by atoms with E-state index < -0.39 is 5.97 Å². The van der Waals surface area contributed by atoms with Gasteiger partial charge in [-0.2, -0.15) is 0 Å². The lowest BCUT2D eigenvalue weighted by Crippen LogP contribution is -2.05. The number of hydrogen-bond acceptors (Lipinski definition) is 4. The van der Waals surface area contributed by atoms with E-state index in [1.165, 1.54) is 19.2 Å². The van der Waals surface area contributed by atoms with Crippen molar-refractivity contribution in [1.29, 1.82) is 0 Å². The molecule has 17 heavy (non-hydrogen) atoms. The first-order chi connectivity index (χ1) is 8.11. The van der Waals surface area contributed by atoms with Gasteiger partial charge in [0.25, 0.3) is 0 Å². The summed E-state index contributed by atoms with van der Waals surface area (Å²) in [5.74, 6) is -0.321. The summed E-state index contributed by atoms with van der Waals surface area (Å²) in [5.41, 5.74) is 0.463. The zero-order chi connectivity index (χ0) is 12.4. The standard InChI is InChI=1S/C13H12O4/c1-17-13(16)7-11-10-6-9(14)4-2-8(10)3-5-12(11)15/h2-6,14-15H,7H2,1H3. The highest BCUT2D eigenvalue weighted by Gasteiger charge is 2.12. The summed E-state index contributed by atoms with van der Waals surface area (Å²) in [4.78, 5) is 11.3. The van der Waals surface area contributed by atoms with Gasteiger partial charge in [0.1, 0.15) is 11.5 Å². The molecule has 0 aliphatic rings. The maximum Gasteiger partial charge on any atom is 0.310 e. The minimum atomic E-state index is -0.434. The molecule has 4 heteroatoms. The number of phenols is 2. The molecule has 2 rings (SSSR count). The fraction of sp³-hybridized carbons (Fsp3) is 0.154. The normalized spacial score (nSPS) is 10.4. The van der Waals surface area contributed by atoms with Crippen molar-refractivity contribution >= 4 is 16.7 Å². The number of ether oxygens (including phenoxy) is 1. The SMILES string of the molecule is COC(=O)Cc1c(O)ccc2ccc(O)cc12. The summed E-state index contributed by atoms with van der Waals surface area (Å²) in [7, 11) is 1.29. The second-order valence-electron chi connectivity index (χ2n) is 3.72. The van der Waals surface area contributed by atoms with Crippen LogP contribution in [0.15, 0.2) is 30.3 Å². The molecule has 0 atom stereocenters. The van der Waals surface area contributed by atoms with Gasteiger partial charge in [-0.15, -0.1) is 0 Å². The van der Waals surface area contributed by atoms with Crippen LogP contribution in [0.1, 0.15) is 5.56 Å². The molecule has 88 valence electrons. The molecular weight excluding hydrogens is 220 g/mol. The third-order valence-electron chi connectivity index (χ3n) is 2.64. The maximum atomic E-state index is 11.3. The van der Waals surface area contributed by atoms with Gasteiger partial charge in [0.05, 0.1) is 13.5 Å². The molecule has 4 nitrogen and oxygen atoms in total. The third-order valence-corrected chi connectivity index (χ3v) is 2.64. The van der Waals surface area contributed by atoms with Crippen LogP contribution >= 0.6 is 0 Å². The number of carbonyl (C=O) groups is 1. The number of phenolic OH excluding ortho intramolecular Hbond substituents is 2. The second kappa shape index (κ2) is 4.33. The van der Waals surface area contributed by atoms with Crippen molar-refractivity contribution in [2.75, 3.05) is 7.11 Å². The molecule has 0 amide bonds. The Labute approximate surface area is 98.1 Å². The molecule has 0 radical (unpaired) electrons. The highest BCUT2D eigenvalue weighted by molar-refractivity contribution is 5.91. The number of aromatic hydroxyl groups is 2. The van der Waals surface area contributed by atoms with Crippen LogP contribution in [0, 0.1) is 0 Å². The fourth-order valence-electron chi connectivity index (χ4n) is 1.76. The van der Waals surface area contributed by atoms with E-state index in [1.54, 1.807) is 18.2 Å². The number of rotatable bonds is 2. The van der Waals surface area contributed by atoms with Crippen molar-refractivity contribution in [3.05, 3.63) is 35.9 Å². The summed E-state index contributed by atoms with van der Waals surface area (Å²) in [5, 5.41) is 20.7. The van der Waals surface area contributed by atoms with Crippen LogP contribution in [0.3, 0.4) is 0 Å². The van der Waals surface area contributed by atoms with Crippen LogP contribution in [0.25, 0.3) is 10.8 Å². The lowest BCUT2D eigenvalue weighted by atomic mass is 10.0. The molecule has 0 unspecified atom stereocenters. The van der Waals surface area contributed by atoms with Crippen LogP contribution in [-0.2, 0) is 16.0 Å². The molecule has 0 spiro atoms. The smallest absolute Gasteiger partial charge is 0.310 e. The van der Waals surface area contributed by atoms with Gasteiger partial charge in [-0.1, -0.05) is 12.1 Å². The first kappa shape index (κ1) is 11.3. The Morgan fingerprint density at radius 2 is 1.94 bits per heavy atom. The lowest BCUT2D eigenvalue weighted by molar-refractivity contribution is -0.139. The van der Waals surface area contributed by atoms with Crippen molar-refractivity contribution in [3.63, 3.8) is 0 Å². The van der Waals surface area contributed by atoms with E-state index in [2.05, 4.69) is 4.74 Å². The van der Waals surface area contributed by atoms with Crippen molar-refractivity contribution in [2.24, 2.45) is 0 Å². The zero-order valence-corrected chi connectivity index (χ0v) is 9.30. The molecule has 2 N–H and O–H groups in total. The molecular formula is C13H12O4. The molecule has 2 aromatic rings. The van der Waals surface area contributed by atoms with Crippen molar-refractivity contribution in [3.8, 4) is 11.5 Å². The summed E-state index contributed by atoms with van der Waals surface area (Å²) >= 11 is 0. The quantitative estimate of drug-likeness (QED) is 0.777. The Hall–Kier alpha value is -2.23. The van der Waals surface area contributed by atoms with E-state index in [0.29, 0.717) is 10.9 Å². The molecule has 0 aliphatic carbocycles. The Balaban J connectivity index is 2.61. The molecule has 0 bridgehead atoms. The average molecular weight is 232 g/mol. The molecule has 0 saturated heterocycles. The number of carbonyl (C=O) groups excluding carboxylic acids is 1. The van der Waals surface area contributed by atoms with E-state index in [9.17, 15) is 15.0 Å². The van der Waals surface area contributed by atoms with Gasteiger partial charge in [0.15, 0.2) is 0 Å². The number of benzene rings is 2. The van der Waals surface area contributed by atoms with Gasteiger partial charge in [-0.25, -0.2) is 0 Å². The summed E-state index contributed by atoms with van der Waals surface area (Å²) in [6.07, 6.45) is -0.0247. The molecule has 0 fully saturated rings. The largest absolute Gasteiger partial charge is 0.508 e. The van der Waals surface area contributed by atoms with Gasteiger partial charge >= 0.3 is 5.97 Å². The summed E-state index contributed by atoms with van der Waals surface area (Å²) in [6.45, 7) is 0. The number of hydrogen-bond donors (Lipinski definition) is 2. The minimum absolute atomic E-state index is 0.0218. The number of fused-ring (bicyclic) bond motifs is 1. The number of esters is 1. The Bertz CT molecular complexity index is 570. The van der Waals surface area contributed by atoms with Gasteiger partial charge in [0.2, 0.25) is 0 Å². The highest BCUT2D eigenvalue weighted by atomic mass is 16.5. The van der Waals surface area contributed by atoms with Crippen LogP contribution in [-0.4, -0.2) is 23.3 Å². The maximum absolute atomic E-state index is 11.3. The lowest BCUT2D eigenvalue weighted by Gasteiger charge is -2.08. The van der Waals surface area contributed by atoms with Gasteiger partial charge in [-0.3, -0.25) is 4.79 Å². The van der Waals surface area contributed by atoms with Crippen LogP contribution in [0.2, 0.25) is 0 Å². The molecule has 0 aromatic heterocycles. The first-order valence-electron chi connectivity index (χ1n) is 5.12.